The van der Waals surface area contributed by atoms with E-state index in [2.05, 4.69) is 12.2 Å². The normalized spacial score (nSPS) is 15.5. The van der Waals surface area contributed by atoms with Gasteiger partial charge in [-0.1, -0.05) is 54.6 Å². The summed E-state index contributed by atoms with van der Waals surface area (Å²) in [5.74, 6) is 0.390. The molecule has 1 aromatic heterocycles. The Balaban J connectivity index is 1.42. The second-order valence-electron chi connectivity index (χ2n) is 8.81. The Kier molecular flexibility index (Phi) is 6.45. The maximum Gasteiger partial charge on any atom is 0.222 e. The smallest absolute Gasteiger partial charge is 0.222 e. The van der Waals surface area contributed by atoms with Crippen molar-refractivity contribution in [3.05, 3.63) is 94.4 Å². The van der Waals surface area contributed by atoms with Gasteiger partial charge < -0.3 is 10.0 Å². The minimum Gasteiger partial charge on any atom is -0.508 e. The lowest BCUT2D eigenvalue weighted by Gasteiger charge is -2.15. The Bertz CT molecular complexity index is 1320. The first kappa shape index (κ1) is 22.4. The lowest BCUT2D eigenvalue weighted by Crippen LogP contribution is -2.27. The molecule has 1 N–H and O–H groups in total. The van der Waals surface area contributed by atoms with Crippen molar-refractivity contribution in [2.45, 2.75) is 32.1 Å². The van der Waals surface area contributed by atoms with Gasteiger partial charge in [0, 0.05) is 45.6 Å². The molecule has 0 spiro atoms. The molecule has 1 amide bonds. The van der Waals surface area contributed by atoms with E-state index in [1.807, 2.05) is 53.5 Å². The third-order valence-corrected chi connectivity index (χ3v) is 7.72. The molecule has 1 aliphatic heterocycles. The van der Waals surface area contributed by atoms with Crippen molar-refractivity contribution in [1.82, 2.24) is 4.90 Å². The first-order valence-corrected chi connectivity index (χ1v) is 12.6. The number of hydrogen-bond donors (Lipinski definition) is 1. The maximum absolute atomic E-state index is 13.7. The van der Waals surface area contributed by atoms with E-state index in [4.69, 9.17) is 0 Å². The van der Waals surface area contributed by atoms with Gasteiger partial charge in [-0.05, 0) is 55.0 Å². The molecule has 172 valence electrons. The van der Waals surface area contributed by atoms with Crippen molar-refractivity contribution in [2.24, 2.45) is 0 Å². The quantitative estimate of drug-likeness (QED) is 0.432. The molecule has 1 saturated heterocycles. The molecule has 5 rings (SSSR count). The number of benzene rings is 2. The number of fused-ring (bicyclic) bond motifs is 1. The van der Waals surface area contributed by atoms with Crippen LogP contribution in [0, 0.1) is 0 Å². The summed E-state index contributed by atoms with van der Waals surface area (Å²) < 4.78 is 0.897. The number of nitrogens with zero attached hydrogens (tertiary/aromatic N) is 1. The molecular formula is C29H27NO3S. The van der Waals surface area contributed by atoms with Crippen LogP contribution < -0.4 is 0 Å². The largest absolute Gasteiger partial charge is 0.508 e. The zero-order chi connectivity index (χ0) is 23.5. The lowest BCUT2D eigenvalue weighted by atomic mass is 9.95. The summed E-state index contributed by atoms with van der Waals surface area (Å²) in [6, 6.07) is 12.8. The molecule has 4 nitrogen and oxygen atoms in total. The van der Waals surface area contributed by atoms with Gasteiger partial charge in [0.25, 0.3) is 0 Å². The number of aryl methyl sites for hydroxylation is 1. The Morgan fingerprint density at radius 2 is 1.76 bits per heavy atom. The number of ketones is 1. The fraction of sp³-hybridized carbons (Fsp3) is 0.241. The second kappa shape index (κ2) is 9.82. The number of likely N-dealkylation sites (tertiary alicyclic amines) is 1. The number of phenols is 1. The van der Waals surface area contributed by atoms with Crippen LogP contribution in [0.5, 0.6) is 5.75 Å². The van der Waals surface area contributed by atoms with Gasteiger partial charge in [0.05, 0.1) is 0 Å². The molecule has 0 unspecified atom stereocenters. The number of hydrogen-bond acceptors (Lipinski definition) is 4. The predicted octanol–water partition coefficient (Wildman–Crippen LogP) is 6.29. The molecule has 34 heavy (non-hydrogen) atoms. The van der Waals surface area contributed by atoms with E-state index in [-0.39, 0.29) is 17.4 Å². The number of rotatable bonds is 6. The number of phenolic OH excluding ortho intramolecular Hbond substituents is 1. The van der Waals surface area contributed by atoms with Crippen LogP contribution in [0.2, 0.25) is 0 Å². The zero-order valence-electron chi connectivity index (χ0n) is 19.0. The Labute approximate surface area is 203 Å². The van der Waals surface area contributed by atoms with Crippen LogP contribution >= 0.6 is 11.3 Å². The highest BCUT2D eigenvalue weighted by Gasteiger charge is 2.23. The number of carbonyl (C=O) groups is 2. The molecule has 0 atom stereocenters. The highest BCUT2D eigenvalue weighted by atomic mass is 32.1. The van der Waals surface area contributed by atoms with E-state index in [9.17, 15) is 14.7 Å². The molecular weight excluding hydrogens is 442 g/mol. The van der Waals surface area contributed by atoms with Crippen molar-refractivity contribution in [3.8, 4) is 5.75 Å². The molecule has 0 bridgehead atoms. The average molecular weight is 470 g/mol. The van der Waals surface area contributed by atoms with Crippen molar-refractivity contribution < 1.29 is 14.7 Å². The van der Waals surface area contributed by atoms with E-state index in [1.54, 1.807) is 23.5 Å². The van der Waals surface area contributed by atoms with E-state index in [1.165, 1.54) is 0 Å². The molecule has 5 heteroatoms. The fourth-order valence-corrected chi connectivity index (χ4v) is 5.89. The monoisotopic (exact) mass is 469 g/mol. The van der Waals surface area contributed by atoms with Crippen molar-refractivity contribution in [2.75, 3.05) is 13.1 Å². The zero-order valence-corrected chi connectivity index (χ0v) is 19.8. The number of allylic oxidation sites excluding steroid dienone is 6. The van der Waals surface area contributed by atoms with Crippen LogP contribution in [-0.2, 0) is 11.2 Å². The standard InChI is InChI=1S/C29H27NO3S/c31-23-14-15-24-25(19-23)34-29(22-7-3-1-2-4-8-22)27(24)28(33)21-12-9-20(10-13-21)11-16-26(32)30-17-5-6-18-30/h1-4,7,9-10,12-15,19,31H,5-6,8,11,16-18H2. The van der Waals surface area contributed by atoms with Gasteiger partial charge in [-0.2, -0.15) is 0 Å². The molecule has 2 heterocycles. The summed E-state index contributed by atoms with van der Waals surface area (Å²) in [6.45, 7) is 1.76. The number of aromatic hydroxyl groups is 1. The summed E-state index contributed by atoms with van der Waals surface area (Å²) in [4.78, 5) is 29.0. The summed E-state index contributed by atoms with van der Waals surface area (Å²) in [5.41, 5.74) is 3.47. The summed E-state index contributed by atoms with van der Waals surface area (Å²) in [7, 11) is 0. The first-order valence-electron chi connectivity index (χ1n) is 11.8. The Morgan fingerprint density at radius 1 is 0.971 bits per heavy atom. The van der Waals surface area contributed by atoms with E-state index < -0.39 is 0 Å². The van der Waals surface area contributed by atoms with Gasteiger partial charge in [0.15, 0.2) is 5.78 Å². The highest BCUT2D eigenvalue weighted by molar-refractivity contribution is 7.20. The number of thiophene rings is 1. The van der Waals surface area contributed by atoms with E-state index in [0.29, 0.717) is 24.0 Å². The van der Waals surface area contributed by atoms with Crippen LogP contribution in [0.3, 0.4) is 0 Å². The molecule has 2 aromatic carbocycles. The SMILES string of the molecule is O=C(c1ccc(CCC(=O)N2CCCC2)cc1)c1c(C2=CC=CC=CC2)sc2cc(O)ccc12. The van der Waals surface area contributed by atoms with Crippen molar-refractivity contribution in [3.63, 3.8) is 0 Å². The third-order valence-electron chi connectivity index (χ3n) is 6.49. The molecule has 3 aromatic rings. The molecule has 2 aliphatic rings. The molecule has 1 fully saturated rings. The van der Waals surface area contributed by atoms with Crippen molar-refractivity contribution in [1.29, 1.82) is 0 Å². The Hall–Kier alpha value is -3.44. The van der Waals surface area contributed by atoms with Gasteiger partial charge in [0.1, 0.15) is 5.75 Å². The minimum atomic E-state index is -0.0234. The van der Waals surface area contributed by atoms with E-state index in [0.717, 1.165) is 58.5 Å². The van der Waals surface area contributed by atoms with Crippen LogP contribution in [-0.4, -0.2) is 34.8 Å². The van der Waals surface area contributed by atoms with Crippen LogP contribution in [0.15, 0.2) is 72.8 Å². The minimum absolute atomic E-state index is 0.0234. The topological polar surface area (TPSA) is 57.6 Å². The summed E-state index contributed by atoms with van der Waals surface area (Å²) in [6.07, 6.45) is 14.3. The van der Waals surface area contributed by atoms with E-state index >= 15 is 0 Å². The van der Waals surface area contributed by atoms with Gasteiger partial charge in [-0.3, -0.25) is 9.59 Å². The lowest BCUT2D eigenvalue weighted by molar-refractivity contribution is -0.130. The second-order valence-corrected chi connectivity index (χ2v) is 9.86. The van der Waals surface area contributed by atoms with Crippen LogP contribution in [0.1, 0.15) is 52.0 Å². The van der Waals surface area contributed by atoms with Gasteiger partial charge in [-0.15, -0.1) is 11.3 Å². The third kappa shape index (κ3) is 4.62. The van der Waals surface area contributed by atoms with Gasteiger partial charge in [0.2, 0.25) is 5.91 Å². The van der Waals surface area contributed by atoms with Gasteiger partial charge in [-0.25, -0.2) is 0 Å². The average Bonchev–Trinajstić information content (AvgIpc) is 3.43. The maximum atomic E-state index is 13.7. The van der Waals surface area contributed by atoms with Crippen LogP contribution in [0.25, 0.3) is 15.7 Å². The highest BCUT2D eigenvalue weighted by Crippen LogP contribution is 2.40. The number of carbonyl (C=O) groups excluding carboxylic acids is 2. The number of amides is 1. The van der Waals surface area contributed by atoms with Crippen molar-refractivity contribution >= 4 is 38.7 Å². The Morgan fingerprint density at radius 3 is 2.56 bits per heavy atom. The molecule has 1 aliphatic carbocycles. The summed E-state index contributed by atoms with van der Waals surface area (Å²) in [5, 5.41) is 10.9. The predicted molar refractivity (Wildman–Crippen MR) is 138 cm³/mol. The van der Waals surface area contributed by atoms with Gasteiger partial charge >= 0.3 is 0 Å². The first-order chi connectivity index (χ1) is 16.6. The summed E-state index contributed by atoms with van der Waals surface area (Å²) >= 11 is 1.54. The fourth-order valence-electron chi connectivity index (χ4n) is 4.63. The van der Waals surface area contributed by atoms with Crippen LogP contribution in [0.4, 0.5) is 0 Å². The molecule has 0 radical (unpaired) electrons. The molecule has 0 saturated carbocycles.